The second-order valence-corrected chi connectivity index (χ2v) is 8.35. The van der Waals surface area contributed by atoms with E-state index < -0.39 is 5.91 Å². The van der Waals surface area contributed by atoms with Crippen molar-refractivity contribution < 1.29 is 9.53 Å². The standard InChI is InChI=1S/C26H26ClN3O2/c27-22-13-12-21-9-4-8-20(24(21)14-22)10-5-11-23(32-17-19-6-2-1-3-7-19)15-30-16-25(26(28)31)29-18-30/h1-4,6-9,12-14,16,18,23H,5,10-11,15,17H2,(H2,28,31)/t23-/m0/s1. The highest BCUT2D eigenvalue weighted by Gasteiger charge is 2.13. The molecule has 1 aromatic heterocycles. The summed E-state index contributed by atoms with van der Waals surface area (Å²) in [6.45, 7) is 1.14. The van der Waals surface area contributed by atoms with Gasteiger partial charge in [0.1, 0.15) is 5.69 Å². The average molecular weight is 448 g/mol. The summed E-state index contributed by atoms with van der Waals surface area (Å²) in [5, 5.41) is 3.14. The Hall–Kier alpha value is -3.15. The van der Waals surface area contributed by atoms with Gasteiger partial charge in [-0.1, -0.05) is 66.2 Å². The van der Waals surface area contributed by atoms with E-state index in [1.165, 1.54) is 16.3 Å². The number of halogens is 1. The van der Waals surface area contributed by atoms with Crippen molar-refractivity contribution in [3.8, 4) is 0 Å². The van der Waals surface area contributed by atoms with Crippen LogP contribution in [0.4, 0.5) is 0 Å². The number of primary amides is 1. The normalized spacial score (nSPS) is 12.2. The Balaban J connectivity index is 1.43. The molecule has 0 bridgehead atoms. The highest BCUT2D eigenvalue weighted by Crippen LogP contribution is 2.24. The van der Waals surface area contributed by atoms with E-state index in [1.54, 1.807) is 12.5 Å². The minimum absolute atomic E-state index is 0.0244. The molecule has 2 N–H and O–H groups in total. The quantitative estimate of drug-likeness (QED) is 0.354. The number of imidazole rings is 1. The van der Waals surface area contributed by atoms with Crippen LogP contribution in [-0.4, -0.2) is 21.6 Å². The van der Waals surface area contributed by atoms with Crippen LogP contribution < -0.4 is 5.73 Å². The maximum absolute atomic E-state index is 11.4. The molecule has 4 aromatic rings. The summed E-state index contributed by atoms with van der Waals surface area (Å²) in [6.07, 6.45) is 6.04. The molecule has 1 heterocycles. The van der Waals surface area contributed by atoms with Gasteiger partial charge in [-0.2, -0.15) is 0 Å². The molecule has 0 unspecified atom stereocenters. The number of fused-ring (bicyclic) bond motifs is 1. The lowest BCUT2D eigenvalue weighted by Crippen LogP contribution is -2.20. The maximum Gasteiger partial charge on any atom is 0.268 e. The third kappa shape index (κ3) is 5.75. The highest BCUT2D eigenvalue weighted by molar-refractivity contribution is 6.31. The van der Waals surface area contributed by atoms with Crippen LogP contribution in [0.3, 0.4) is 0 Å². The SMILES string of the molecule is NC(=O)c1cn(C[C@H](CCCc2cccc3ccc(Cl)cc23)OCc2ccccc2)cn1. The highest BCUT2D eigenvalue weighted by atomic mass is 35.5. The second kappa shape index (κ2) is 10.4. The summed E-state index contributed by atoms with van der Waals surface area (Å²) in [7, 11) is 0. The van der Waals surface area contributed by atoms with E-state index in [2.05, 4.69) is 41.4 Å². The minimum atomic E-state index is -0.528. The van der Waals surface area contributed by atoms with Gasteiger partial charge in [-0.3, -0.25) is 4.79 Å². The number of aromatic nitrogens is 2. The fourth-order valence-corrected chi connectivity index (χ4v) is 4.06. The van der Waals surface area contributed by atoms with E-state index in [1.807, 2.05) is 34.9 Å². The van der Waals surface area contributed by atoms with Gasteiger partial charge in [0.25, 0.3) is 5.91 Å². The van der Waals surface area contributed by atoms with Gasteiger partial charge in [-0.15, -0.1) is 0 Å². The number of nitrogens with zero attached hydrogens (tertiary/aromatic N) is 2. The molecule has 0 spiro atoms. The van der Waals surface area contributed by atoms with Crippen LogP contribution in [0.15, 0.2) is 79.3 Å². The van der Waals surface area contributed by atoms with Crippen molar-refractivity contribution in [2.45, 2.75) is 38.5 Å². The first kappa shape index (κ1) is 22.1. The smallest absolute Gasteiger partial charge is 0.268 e. The first-order chi connectivity index (χ1) is 15.6. The zero-order valence-corrected chi connectivity index (χ0v) is 18.5. The largest absolute Gasteiger partial charge is 0.372 e. The average Bonchev–Trinajstić information content (AvgIpc) is 3.27. The first-order valence-corrected chi connectivity index (χ1v) is 11.1. The third-order valence-electron chi connectivity index (χ3n) is 5.54. The Labute approximate surface area is 192 Å². The van der Waals surface area contributed by atoms with E-state index in [-0.39, 0.29) is 11.8 Å². The van der Waals surface area contributed by atoms with Crippen LogP contribution in [0, 0.1) is 0 Å². The number of hydrogen-bond donors (Lipinski definition) is 1. The van der Waals surface area contributed by atoms with E-state index >= 15 is 0 Å². The third-order valence-corrected chi connectivity index (χ3v) is 5.77. The number of aryl methyl sites for hydroxylation is 1. The zero-order valence-electron chi connectivity index (χ0n) is 17.8. The van der Waals surface area contributed by atoms with E-state index in [0.717, 1.165) is 29.8 Å². The summed E-state index contributed by atoms with van der Waals surface area (Å²) in [6, 6.07) is 22.5. The van der Waals surface area contributed by atoms with Crippen LogP contribution in [0.1, 0.15) is 34.5 Å². The molecule has 5 nitrogen and oxygen atoms in total. The summed E-state index contributed by atoms with van der Waals surface area (Å²) >= 11 is 6.23. The topological polar surface area (TPSA) is 70.1 Å². The molecule has 3 aromatic carbocycles. The molecular formula is C26H26ClN3O2. The number of amides is 1. The number of hydrogen-bond acceptors (Lipinski definition) is 3. The molecule has 0 aliphatic carbocycles. The van der Waals surface area contributed by atoms with E-state index in [4.69, 9.17) is 22.1 Å². The Morgan fingerprint density at radius 2 is 1.94 bits per heavy atom. The molecule has 32 heavy (non-hydrogen) atoms. The predicted molar refractivity (Wildman–Crippen MR) is 128 cm³/mol. The Kier molecular flexibility index (Phi) is 7.20. The summed E-state index contributed by atoms with van der Waals surface area (Å²) in [5.41, 5.74) is 8.01. The van der Waals surface area contributed by atoms with E-state index in [9.17, 15) is 4.79 Å². The summed E-state index contributed by atoms with van der Waals surface area (Å²) in [5.74, 6) is -0.528. The lowest BCUT2D eigenvalue weighted by atomic mass is 9.99. The molecule has 1 amide bonds. The van der Waals surface area contributed by atoms with Crippen LogP contribution in [0.2, 0.25) is 5.02 Å². The molecule has 6 heteroatoms. The van der Waals surface area contributed by atoms with Crippen molar-refractivity contribution in [3.05, 3.63) is 101 Å². The van der Waals surface area contributed by atoms with Crippen LogP contribution in [0.25, 0.3) is 10.8 Å². The fraction of sp³-hybridized carbons (Fsp3) is 0.231. The fourth-order valence-electron chi connectivity index (χ4n) is 3.89. The van der Waals surface area contributed by atoms with Crippen molar-refractivity contribution in [1.82, 2.24) is 9.55 Å². The number of carbonyl (C=O) groups is 1. The number of nitrogens with two attached hydrogens (primary N) is 1. The van der Waals surface area contributed by atoms with Crippen molar-refractivity contribution in [2.24, 2.45) is 5.73 Å². The van der Waals surface area contributed by atoms with Gasteiger partial charge in [-0.25, -0.2) is 4.98 Å². The van der Waals surface area contributed by atoms with E-state index in [0.29, 0.717) is 13.2 Å². The number of carbonyl (C=O) groups excluding carboxylic acids is 1. The van der Waals surface area contributed by atoms with Gasteiger partial charge in [0.2, 0.25) is 0 Å². The van der Waals surface area contributed by atoms with Crippen LogP contribution in [0.5, 0.6) is 0 Å². The monoisotopic (exact) mass is 447 g/mol. The zero-order chi connectivity index (χ0) is 22.3. The summed E-state index contributed by atoms with van der Waals surface area (Å²) in [4.78, 5) is 15.5. The van der Waals surface area contributed by atoms with Gasteiger partial charge in [0, 0.05) is 17.8 Å². The predicted octanol–water partition coefficient (Wildman–Crippen LogP) is 5.40. The van der Waals surface area contributed by atoms with Crippen molar-refractivity contribution in [3.63, 3.8) is 0 Å². The molecule has 0 aliphatic heterocycles. The molecule has 0 aliphatic rings. The number of ether oxygens (including phenoxy) is 1. The van der Waals surface area contributed by atoms with Gasteiger partial charge in [0.05, 0.1) is 19.0 Å². The Morgan fingerprint density at radius 1 is 1.09 bits per heavy atom. The lowest BCUT2D eigenvalue weighted by Gasteiger charge is -2.19. The molecule has 1 atom stereocenters. The molecule has 164 valence electrons. The molecule has 0 saturated heterocycles. The molecule has 0 fully saturated rings. The van der Waals surface area contributed by atoms with Crippen LogP contribution in [-0.2, 0) is 24.3 Å². The second-order valence-electron chi connectivity index (χ2n) is 7.91. The van der Waals surface area contributed by atoms with Gasteiger partial charge in [0.15, 0.2) is 0 Å². The molecule has 4 rings (SSSR count). The lowest BCUT2D eigenvalue weighted by molar-refractivity contribution is 0.0225. The molecule has 0 saturated carbocycles. The Bertz CT molecular complexity index is 1190. The number of benzene rings is 3. The number of rotatable bonds is 10. The van der Waals surface area contributed by atoms with Gasteiger partial charge in [-0.05, 0) is 53.3 Å². The maximum atomic E-state index is 11.4. The van der Waals surface area contributed by atoms with Gasteiger partial charge >= 0.3 is 0 Å². The first-order valence-electron chi connectivity index (χ1n) is 10.7. The molecule has 0 radical (unpaired) electrons. The van der Waals surface area contributed by atoms with Crippen molar-refractivity contribution in [1.29, 1.82) is 0 Å². The van der Waals surface area contributed by atoms with Crippen molar-refractivity contribution >= 4 is 28.3 Å². The van der Waals surface area contributed by atoms with Crippen molar-refractivity contribution in [2.75, 3.05) is 0 Å². The van der Waals surface area contributed by atoms with Gasteiger partial charge < -0.3 is 15.0 Å². The Morgan fingerprint density at radius 3 is 2.72 bits per heavy atom. The molecular weight excluding hydrogens is 422 g/mol. The van der Waals surface area contributed by atoms with Crippen LogP contribution >= 0.6 is 11.6 Å². The summed E-state index contributed by atoms with van der Waals surface area (Å²) < 4.78 is 8.13. The minimum Gasteiger partial charge on any atom is -0.372 e.